The van der Waals surface area contributed by atoms with Gasteiger partial charge in [-0.25, -0.2) is 0 Å². The Kier molecular flexibility index (Phi) is 2.64. The number of imide groups is 1. The van der Waals surface area contributed by atoms with Crippen molar-refractivity contribution < 1.29 is 19.6 Å². The number of nitrogens with zero attached hydrogens (tertiary/aromatic N) is 1. The molecule has 1 aromatic carbocycles. The molecule has 0 saturated heterocycles. The second kappa shape index (κ2) is 3.99. The normalized spacial score (nSPS) is 13.9. The predicted molar refractivity (Wildman–Crippen MR) is 56.7 cm³/mol. The van der Waals surface area contributed by atoms with Gasteiger partial charge in [0.1, 0.15) is 0 Å². The van der Waals surface area contributed by atoms with Gasteiger partial charge in [-0.05, 0) is 25.1 Å². The molecule has 0 aromatic heterocycles. The Labute approximate surface area is 96.8 Å². The van der Waals surface area contributed by atoms with Crippen molar-refractivity contribution in [3.63, 3.8) is 0 Å². The van der Waals surface area contributed by atoms with Crippen LogP contribution in [0, 0.1) is 0 Å². The van der Waals surface area contributed by atoms with Crippen LogP contribution in [0.4, 0.5) is 0 Å². The Bertz CT molecular complexity index is 524. The van der Waals surface area contributed by atoms with Gasteiger partial charge in [-0.2, -0.15) is 0 Å². The highest BCUT2D eigenvalue weighted by molar-refractivity contribution is 6.21. The van der Waals surface area contributed by atoms with E-state index in [4.69, 9.17) is 5.21 Å². The maximum Gasteiger partial charge on any atom is 0.285 e. The first-order valence-electron chi connectivity index (χ1n) is 5.06. The van der Waals surface area contributed by atoms with Gasteiger partial charge in [0, 0.05) is 12.1 Å². The molecule has 6 heteroatoms. The van der Waals surface area contributed by atoms with Gasteiger partial charge in [0.2, 0.25) is 0 Å². The Morgan fingerprint density at radius 1 is 1.29 bits per heavy atom. The number of rotatable bonds is 2. The highest BCUT2D eigenvalue weighted by atomic mass is 16.5. The van der Waals surface area contributed by atoms with E-state index in [0.29, 0.717) is 6.54 Å². The minimum absolute atomic E-state index is 0.0428. The van der Waals surface area contributed by atoms with Gasteiger partial charge in [-0.3, -0.25) is 19.6 Å². The molecule has 1 aliphatic rings. The highest BCUT2D eigenvalue weighted by Gasteiger charge is 2.35. The molecule has 1 aliphatic heterocycles. The number of nitrogens with one attached hydrogen (secondary N) is 1. The summed E-state index contributed by atoms with van der Waals surface area (Å²) in [5, 5.41) is 11.8. The second-order valence-electron chi connectivity index (χ2n) is 3.54. The molecule has 88 valence electrons. The Morgan fingerprint density at radius 2 is 1.94 bits per heavy atom. The molecule has 3 amide bonds. The molecule has 0 unspecified atom stereocenters. The molecular weight excluding hydrogens is 224 g/mol. The molecule has 0 fully saturated rings. The first-order chi connectivity index (χ1) is 8.06. The summed E-state index contributed by atoms with van der Waals surface area (Å²) in [5.41, 5.74) is 0.425. The monoisotopic (exact) mass is 234 g/mol. The zero-order valence-electron chi connectivity index (χ0n) is 9.06. The van der Waals surface area contributed by atoms with Gasteiger partial charge in [0.15, 0.2) is 0 Å². The molecule has 6 nitrogen and oxygen atoms in total. The summed E-state index contributed by atoms with van der Waals surface area (Å²) < 4.78 is 0. The van der Waals surface area contributed by atoms with E-state index in [1.807, 2.05) is 0 Å². The quantitative estimate of drug-likeness (QED) is 0.573. The molecule has 2 N–H and O–H groups in total. The van der Waals surface area contributed by atoms with Crippen molar-refractivity contribution in [3.05, 3.63) is 34.9 Å². The van der Waals surface area contributed by atoms with Gasteiger partial charge in [0.25, 0.3) is 17.7 Å². The number of hydrogen-bond acceptors (Lipinski definition) is 4. The number of fused-ring (bicyclic) bond motifs is 1. The van der Waals surface area contributed by atoms with Crippen LogP contribution in [0.3, 0.4) is 0 Å². The fourth-order valence-corrected chi connectivity index (χ4v) is 1.63. The summed E-state index contributed by atoms with van der Waals surface area (Å²) >= 11 is 0. The minimum Gasteiger partial charge on any atom is -0.352 e. The Balaban J connectivity index is 2.43. The van der Waals surface area contributed by atoms with Gasteiger partial charge in [0.05, 0.1) is 11.1 Å². The first kappa shape index (κ1) is 11.3. The average molecular weight is 234 g/mol. The van der Waals surface area contributed by atoms with Crippen LogP contribution in [0.25, 0.3) is 0 Å². The topological polar surface area (TPSA) is 86.7 Å². The molecule has 0 aliphatic carbocycles. The number of carbonyl (C=O) groups excluding carboxylic acids is 3. The fourth-order valence-electron chi connectivity index (χ4n) is 1.63. The third-order valence-corrected chi connectivity index (χ3v) is 2.46. The highest BCUT2D eigenvalue weighted by Crippen LogP contribution is 2.22. The maximum atomic E-state index is 11.5. The number of carbonyl (C=O) groups is 3. The summed E-state index contributed by atoms with van der Waals surface area (Å²) in [7, 11) is 0. The van der Waals surface area contributed by atoms with Crippen molar-refractivity contribution in [1.82, 2.24) is 10.4 Å². The minimum atomic E-state index is -0.809. The van der Waals surface area contributed by atoms with Gasteiger partial charge < -0.3 is 5.32 Å². The third-order valence-electron chi connectivity index (χ3n) is 2.46. The van der Waals surface area contributed by atoms with Gasteiger partial charge in [-0.1, -0.05) is 0 Å². The molecule has 1 aromatic rings. The molecule has 0 spiro atoms. The van der Waals surface area contributed by atoms with E-state index >= 15 is 0 Å². The molecule has 0 atom stereocenters. The number of benzene rings is 1. The summed E-state index contributed by atoms with van der Waals surface area (Å²) in [6, 6.07) is 4.10. The lowest BCUT2D eigenvalue weighted by Crippen LogP contribution is -2.25. The van der Waals surface area contributed by atoms with E-state index in [-0.39, 0.29) is 27.7 Å². The molecule has 0 bridgehead atoms. The summed E-state index contributed by atoms with van der Waals surface area (Å²) in [6.07, 6.45) is 0. The Morgan fingerprint density at radius 3 is 2.59 bits per heavy atom. The van der Waals surface area contributed by atoms with E-state index in [1.165, 1.54) is 18.2 Å². The van der Waals surface area contributed by atoms with E-state index in [2.05, 4.69) is 5.32 Å². The van der Waals surface area contributed by atoms with E-state index in [1.54, 1.807) is 6.92 Å². The van der Waals surface area contributed by atoms with Crippen molar-refractivity contribution in [3.8, 4) is 0 Å². The lowest BCUT2D eigenvalue weighted by molar-refractivity contribution is -0.0327. The van der Waals surface area contributed by atoms with Crippen LogP contribution >= 0.6 is 0 Å². The molecule has 0 radical (unpaired) electrons. The molecule has 1 heterocycles. The zero-order valence-corrected chi connectivity index (χ0v) is 9.06. The summed E-state index contributed by atoms with van der Waals surface area (Å²) in [5.74, 6) is -1.91. The second-order valence-corrected chi connectivity index (χ2v) is 3.54. The van der Waals surface area contributed by atoms with Crippen LogP contribution < -0.4 is 5.32 Å². The fraction of sp³-hybridized carbons (Fsp3) is 0.182. The molecular formula is C11H10N2O4. The van der Waals surface area contributed by atoms with Crippen molar-refractivity contribution in [2.75, 3.05) is 6.54 Å². The van der Waals surface area contributed by atoms with Crippen LogP contribution in [-0.2, 0) is 0 Å². The smallest absolute Gasteiger partial charge is 0.285 e. The third kappa shape index (κ3) is 1.68. The van der Waals surface area contributed by atoms with Gasteiger partial charge in [-0.15, -0.1) is 5.06 Å². The van der Waals surface area contributed by atoms with Crippen LogP contribution in [-0.4, -0.2) is 34.5 Å². The SMILES string of the molecule is CCNC(=O)c1ccc2c(c1)C(=O)N(O)C2=O. The number of amides is 3. The first-order valence-corrected chi connectivity index (χ1v) is 5.06. The zero-order chi connectivity index (χ0) is 12.6. The van der Waals surface area contributed by atoms with Gasteiger partial charge >= 0.3 is 0 Å². The average Bonchev–Trinajstić information content (AvgIpc) is 2.55. The van der Waals surface area contributed by atoms with Crippen LogP contribution in [0.15, 0.2) is 18.2 Å². The van der Waals surface area contributed by atoms with Crippen LogP contribution in [0.1, 0.15) is 38.0 Å². The van der Waals surface area contributed by atoms with Crippen molar-refractivity contribution in [1.29, 1.82) is 0 Å². The molecule has 17 heavy (non-hydrogen) atoms. The van der Waals surface area contributed by atoms with Crippen LogP contribution in [0.2, 0.25) is 0 Å². The van der Waals surface area contributed by atoms with Crippen molar-refractivity contribution >= 4 is 17.7 Å². The largest absolute Gasteiger partial charge is 0.352 e. The van der Waals surface area contributed by atoms with E-state index in [9.17, 15) is 14.4 Å². The van der Waals surface area contributed by atoms with Crippen molar-refractivity contribution in [2.24, 2.45) is 0 Å². The Hall–Kier alpha value is -2.21. The summed E-state index contributed by atoms with van der Waals surface area (Å²) in [6.45, 7) is 2.24. The lowest BCUT2D eigenvalue weighted by atomic mass is 10.1. The summed E-state index contributed by atoms with van der Waals surface area (Å²) in [4.78, 5) is 34.4. The maximum absolute atomic E-state index is 11.5. The molecule has 0 saturated carbocycles. The van der Waals surface area contributed by atoms with Crippen LogP contribution in [0.5, 0.6) is 0 Å². The van der Waals surface area contributed by atoms with E-state index in [0.717, 1.165) is 0 Å². The lowest BCUT2D eigenvalue weighted by Gasteiger charge is -2.02. The van der Waals surface area contributed by atoms with E-state index < -0.39 is 11.8 Å². The number of hydroxylamine groups is 2. The standard InChI is InChI=1S/C11H10N2O4/c1-2-12-9(14)6-3-4-7-8(5-6)11(16)13(17)10(7)15/h3-5,17H,2H2,1H3,(H,12,14). The number of hydrogen-bond donors (Lipinski definition) is 2. The van der Waals surface area contributed by atoms with Crippen molar-refractivity contribution in [2.45, 2.75) is 6.92 Å². The predicted octanol–water partition coefficient (Wildman–Crippen LogP) is 0.422. The molecule has 2 rings (SSSR count).